The van der Waals surface area contributed by atoms with Crippen LogP contribution in [-0.4, -0.2) is 4.92 Å². The zero-order valence-electron chi connectivity index (χ0n) is 7.95. The molecule has 0 atom stereocenters. The topological polar surface area (TPSA) is 69.2 Å². The van der Waals surface area contributed by atoms with Gasteiger partial charge in [-0.3, -0.25) is 10.1 Å². The van der Waals surface area contributed by atoms with Gasteiger partial charge in [0.15, 0.2) is 0 Å². The molecule has 14 heavy (non-hydrogen) atoms. The van der Waals surface area contributed by atoms with Gasteiger partial charge in [0.2, 0.25) is 0 Å². The number of hydrogen-bond donors (Lipinski definition) is 1. The van der Waals surface area contributed by atoms with E-state index in [0.29, 0.717) is 10.6 Å². The van der Waals surface area contributed by atoms with Gasteiger partial charge in [0.25, 0.3) is 5.69 Å². The molecule has 0 aromatic heterocycles. The fraction of sp³-hybridized carbons (Fsp3) is 0.333. The standard InChI is InChI=1S/C9H11ClN2O2/c1-9(2,11)7-4-3-6(12(13)14)5-8(7)10/h3-5H,11H2,1-2H3. The van der Waals surface area contributed by atoms with Crippen molar-refractivity contribution >= 4 is 17.3 Å². The first-order valence-corrected chi connectivity index (χ1v) is 4.43. The summed E-state index contributed by atoms with van der Waals surface area (Å²) in [5, 5.41) is 10.8. The predicted octanol–water partition coefficient (Wildman–Crippen LogP) is 2.44. The van der Waals surface area contributed by atoms with Crippen molar-refractivity contribution in [2.45, 2.75) is 19.4 Å². The summed E-state index contributed by atoms with van der Waals surface area (Å²) in [4.78, 5) is 9.94. The van der Waals surface area contributed by atoms with Crippen molar-refractivity contribution in [3.8, 4) is 0 Å². The van der Waals surface area contributed by atoms with E-state index in [1.54, 1.807) is 19.9 Å². The van der Waals surface area contributed by atoms with Gasteiger partial charge in [0.05, 0.1) is 9.95 Å². The average Bonchev–Trinajstić information content (AvgIpc) is 2.01. The minimum atomic E-state index is -0.591. The summed E-state index contributed by atoms with van der Waals surface area (Å²) >= 11 is 5.87. The Morgan fingerprint density at radius 1 is 1.50 bits per heavy atom. The normalized spacial score (nSPS) is 11.4. The van der Waals surface area contributed by atoms with Crippen molar-refractivity contribution in [2.24, 2.45) is 5.73 Å². The Bertz CT molecular complexity index is 372. The van der Waals surface area contributed by atoms with Crippen LogP contribution in [0.15, 0.2) is 18.2 Å². The molecule has 1 rings (SSSR count). The Labute approximate surface area is 86.8 Å². The lowest BCUT2D eigenvalue weighted by Crippen LogP contribution is -2.28. The summed E-state index contributed by atoms with van der Waals surface area (Å²) in [6, 6.07) is 4.29. The van der Waals surface area contributed by atoms with E-state index in [9.17, 15) is 10.1 Å². The Kier molecular flexibility index (Phi) is 2.78. The zero-order chi connectivity index (χ0) is 10.9. The van der Waals surface area contributed by atoms with E-state index in [2.05, 4.69) is 0 Å². The quantitative estimate of drug-likeness (QED) is 0.607. The summed E-state index contributed by atoms with van der Waals surface area (Å²) in [6.45, 7) is 3.58. The molecule has 2 N–H and O–H groups in total. The number of nitro benzene ring substituents is 1. The molecule has 0 aliphatic carbocycles. The number of hydrogen-bond acceptors (Lipinski definition) is 3. The van der Waals surface area contributed by atoms with Gasteiger partial charge in [-0.15, -0.1) is 0 Å². The molecule has 76 valence electrons. The third kappa shape index (κ3) is 2.21. The molecule has 1 aromatic rings. The SMILES string of the molecule is CC(C)(N)c1ccc([N+](=O)[O-])cc1Cl. The summed E-state index contributed by atoms with van der Waals surface area (Å²) in [6.07, 6.45) is 0. The molecule has 1 aromatic carbocycles. The van der Waals surface area contributed by atoms with E-state index in [4.69, 9.17) is 17.3 Å². The molecular weight excluding hydrogens is 204 g/mol. The minimum absolute atomic E-state index is 0.0250. The third-order valence-electron chi connectivity index (χ3n) is 1.86. The highest BCUT2D eigenvalue weighted by molar-refractivity contribution is 6.31. The van der Waals surface area contributed by atoms with E-state index < -0.39 is 10.5 Å². The van der Waals surface area contributed by atoms with Crippen molar-refractivity contribution in [3.63, 3.8) is 0 Å². The van der Waals surface area contributed by atoms with E-state index >= 15 is 0 Å². The predicted molar refractivity (Wildman–Crippen MR) is 55.3 cm³/mol. The first-order chi connectivity index (χ1) is 6.32. The van der Waals surface area contributed by atoms with E-state index in [-0.39, 0.29) is 5.69 Å². The van der Waals surface area contributed by atoms with Gasteiger partial charge in [-0.05, 0) is 25.5 Å². The highest BCUT2D eigenvalue weighted by Crippen LogP contribution is 2.28. The summed E-state index contributed by atoms with van der Waals surface area (Å²) < 4.78 is 0. The molecule has 0 aliphatic rings. The fourth-order valence-electron chi connectivity index (χ4n) is 1.14. The van der Waals surface area contributed by atoms with Crippen molar-refractivity contribution in [1.82, 2.24) is 0 Å². The largest absolute Gasteiger partial charge is 0.322 e. The lowest BCUT2D eigenvalue weighted by molar-refractivity contribution is -0.384. The molecule has 0 saturated heterocycles. The van der Waals surface area contributed by atoms with Crippen LogP contribution in [0.4, 0.5) is 5.69 Å². The van der Waals surface area contributed by atoms with Crippen LogP contribution in [0.5, 0.6) is 0 Å². The molecule has 4 nitrogen and oxygen atoms in total. The van der Waals surface area contributed by atoms with E-state index in [1.165, 1.54) is 12.1 Å². The molecule has 0 radical (unpaired) electrons. The number of benzene rings is 1. The summed E-state index contributed by atoms with van der Waals surface area (Å²) in [5.74, 6) is 0. The minimum Gasteiger partial charge on any atom is -0.322 e. The number of rotatable bonds is 2. The molecule has 0 bridgehead atoms. The van der Waals surface area contributed by atoms with Crippen LogP contribution in [0.1, 0.15) is 19.4 Å². The Morgan fingerprint density at radius 2 is 2.07 bits per heavy atom. The number of nitro groups is 1. The maximum atomic E-state index is 10.4. The highest BCUT2D eigenvalue weighted by atomic mass is 35.5. The molecule has 0 fully saturated rings. The van der Waals surface area contributed by atoms with Crippen molar-refractivity contribution in [1.29, 1.82) is 0 Å². The van der Waals surface area contributed by atoms with Crippen LogP contribution in [0.2, 0.25) is 5.02 Å². The Hall–Kier alpha value is -1.13. The smallest absolute Gasteiger partial charge is 0.270 e. The number of halogens is 1. The monoisotopic (exact) mass is 214 g/mol. The first-order valence-electron chi connectivity index (χ1n) is 4.05. The number of nitrogens with two attached hydrogens (primary N) is 1. The molecule has 0 heterocycles. The van der Waals surface area contributed by atoms with E-state index in [1.807, 2.05) is 0 Å². The first kappa shape index (κ1) is 10.9. The lowest BCUT2D eigenvalue weighted by Gasteiger charge is -2.20. The van der Waals surface area contributed by atoms with Gasteiger partial charge in [-0.2, -0.15) is 0 Å². The Balaban J connectivity index is 3.21. The van der Waals surface area contributed by atoms with Gasteiger partial charge < -0.3 is 5.73 Å². The average molecular weight is 215 g/mol. The van der Waals surface area contributed by atoms with Crippen LogP contribution in [0, 0.1) is 10.1 Å². The third-order valence-corrected chi connectivity index (χ3v) is 2.17. The zero-order valence-corrected chi connectivity index (χ0v) is 8.71. The molecule has 5 heteroatoms. The second-order valence-corrected chi connectivity index (χ2v) is 4.05. The number of non-ortho nitro benzene ring substituents is 1. The van der Waals surface area contributed by atoms with Crippen molar-refractivity contribution < 1.29 is 4.92 Å². The van der Waals surface area contributed by atoms with Crippen molar-refractivity contribution in [3.05, 3.63) is 38.9 Å². The number of nitrogens with zero attached hydrogens (tertiary/aromatic N) is 1. The second kappa shape index (κ2) is 3.55. The van der Waals surface area contributed by atoms with Gasteiger partial charge >= 0.3 is 0 Å². The van der Waals surface area contributed by atoms with Gasteiger partial charge in [0.1, 0.15) is 0 Å². The van der Waals surface area contributed by atoms with Crippen molar-refractivity contribution in [2.75, 3.05) is 0 Å². The summed E-state index contributed by atoms with van der Waals surface area (Å²) in [5.41, 5.74) is 5.91. The van der Waals surface area contributed by atoms with E-state index in [0.717, 1.165) is 0 Å². The Morgan fingerprint density at radius 3 is 2.43 bits per heavy atom. The van der Waals surface area contributed by atoms with Crippen LogP contribution in [0.3, 0.4) is 0 Å². The second-order valence-electron chi connectivity index (χ2n) is 3.64. The molecular formula is C9H11ClN2O2. The van der Waals surface area contributed by atoms with Gasteiger partial charge in [0, 0.05) is 17.7 Å². The van der Waals surface area contributed by atoms with Crippen LogP contribution in [-0.2, 0) is 5.54 Å². The fourth-order valence-corrected chi connectivity index (χ4v) is 1.56. The van der Waals surface area contributed by atoms with Gasteiger partial charge in [-0.25, -0.2) is 0 Å². The lowest BCUT2D eigenvalue weighted by atomic mass is 9.95. The van der Waals surface area contributed by atoms with Crippen LogP contribution in [0.25, 0.3) is 0 Å². The molecule has 0 saturated carbocycles. The highest BCUT2D eigenvalue weighted by Gasteiger charge is 2.19. The maximum absolute atomic E-state index is 10.4. The maximum Gasteiger partial charge on any atom is 0.270 e. The molecule has 0 unspecified atom stereocenters. The van der Waals surface area contributed by atoms with Crippen LogP contribution < -0.4 is 5.73 Å². The molecule has 0 spiro atoms. The van der Waals surface area contributed by atoms with Crippen LogP contribution >= 0.6 is 11.6 Å². The molecule has 0 aliphatic heterocycles. The molecule has 0 amide bonds. The summed E-state index contributed by atoms with van der Waals surface area (Å²) in [7, 11) is 0. The van der Waals surface area contributed by atoms with Gasteiger partial charge in [-0.1, -0.05) is 11.6 Å².